The molecule has 0 saturated carbocycles. The van der Waals surface area contributed by atoms with E-state index in [2.05, 4.69) is 36.1 Å². The first-order valence-electron chi connectivity index (χ1n) is 5.78. The van der Waals surface area contributed by atoms with Gasteiger partial charge in [0.05, 0.1) is 7.11 Å². The molecule has 1 heterocycles. The van der Waals surface area contributed by atoms with Gasteiger partial charge in [0, 0.05) is 23.4 Å². The maximum atomic E-state index is 5.34. The van der Waals surface area contributed by atoms with Gasteiger partial charge >= 0.3 is 0 Å². The van der Waals surface area contributed by atoms with Gasteiger partial charge < -0.3 is 10.1 Å². The smallest absolute Gasteiger partial charge is 0.123 e. The Bertz CT molecular complexity index is 342. The Morgan fingerprint density at radius 3 is 2.94 bits per heavy atom. The topological polar surface area (TPSA) is 21.3 Å². The van der Waals surface area contributed by atoms with Crippen molar-refractivity contribution in [3.63, 3.8) is 0 Å². The number of hydrogen-bond donors (Lipinski definition) is 1. The van der Waals surface area contributed by atoms with Crippen molar-refractivity contribution in [3.05, 3.63) is 29.8 Å². The van der Waals surface area contributed by atoms with Gasteiger partial charge in [-0.25, -0.2) is 0 Å². The van der Waals surface area contributed by atoms with Crippen LogP contribution in [0.15, 0.2) is 24.3 Å². The van der Waals surface area contributed by atoms with Crippen LogP contribution in [-0.2, 0) is 6.54 Å². The number of para-hydroxylation sites is 1. The van der Waals surface area contributed by atoms with Crippen molar-refractivity contribution in [1.82, 2.24) is 5.32 Å². The molecule has 3 heteroatoms. The van der Waals surface area contributed by atoms with Gasteiger partial charge in [0.2, 0.25) is 0 Å². The molecular weight excluding hydrogens is 218 g/mol. The fourth-order valence-corrected chi connectivity index (χ4v) is 3.32. The van der Waals surface area contributed by atoms with E-state index in [-0.39, 0.29) is 0 Å². The van der Waals surface area contributed by atoms with Gasteiger partial charge in [-0.3, -0.25) is 0 Å². The predicted octanol–water partition coefficient (Wildman–Crippen LogP) is 2.68. The Labute approximate surface area is 102 Å². The highest BCUT2D eigenvalue weighted by Crippen LogP contribution is 2.27. The SMILES string of the molecule is COc1ccccc1CNC1CCSC1C. The fraction of sp³-hybridized carbons (Fsp3) is 0.538. The molecule has 1 saturated heterocycles. The molecule has 0 aromatic heterocycles. The Kier molecular flexibility index (Phi) is 4.13. The standard InChI is InChI=1S/C13H19NOS/c1-10-12(7-8-16-10)14-9-11-5-3-4-6-13(11)15-2/h3-6,10,12,14H,7-9H2,1-2H3. The summed E-state index contributed by atoms with van der Waals surface area (Å²) in [6.45, 7) is 3.21. The van der Waals surface area contributed by atoms with Gasteiger partial charge in [-0.2, -0.15) is 11.8 Å². The van der Waals surface area contributed by atoms with Crippen LogP contribution in [0.3, 0.4) is 0 Å². The second kappa shape index (κ2) is 5.60. The Morgan fingerprint density at radius 2 is 2.25 bits per heavy atom. The molecule has 1 aromatic carbocycles. The van der Waals surface area contributed by atoms with Crippen molar-refractivity contribution < 1.29 is 4.74 Å². The van der Waals surface area contributed by atoms with Crippen molar-refractivity contribution in [3.8, 4) is 5.75 Å². The van der Waals surface area contributed by atoms with Crippen LogP contribution in [-0.4, -0.2) is 24.2 Å². The van der Waals surface area contributed by atoms with Gasteiger partial charge in [0.15, 0.2) is 0 Å². The fourth-order valence-electron chi connectivity index (χ4n) is 2.09. The Hall–Kier alpha value is -0.670. The number of ether oxygens (including phenoxy) is 1. The van der Waals surface area contributed by atoms with Gasteiger partial charge in [-0.15, -0.1) is 0 Å². The quantitative estimate of drug-likeness (QED) is 0.870. The molecule has 0 radical (unpaired) electrons. The Balaban J connectivity index is 1.93. The molecule has 1 fully saturated rings. The van der Waals surface area contributed by atoms with Crippen molar-refractivity contribution in [2.45, 2.75) is 31.2 Å². The Morgan fingerprint density at radius 1 is 1.44 bits per heavy atom. The number of hydrogen-bond acceptors (Lipinski definition) is 3. The molecule has 2 nitrogen and oxygen atoms in total. The van der Waals surface area contributed by atoms with E-state index >= 15 is 0 Å². The summed E-state index contributed by atoms with van der Waals surface area (Å²) in [5.74, 6) is 2.26. The molecular formula is C13H19NOS. The van der Waals surface area contributed by atoms with Crippen LogP contribution in [0.4, 0.5) is 0 Å². The average molecular weight is 237 g/mol. The van der Waals surface area contributed by atoms with Crippen LogP contribution in [0, 0.1) is 0 Å². The minimum Gasteiger partial charge on any atom is -0.496 e. The summed E-state index contributed by atoms with van der Waals surface area (Å²) in [5.41, 5.74) is 1.24. The molecule has 16 heavy (non-hydrogen) atoms. The molecule has 1 aliphatic rings. The molecule has 88 valence electrons. The normalized spacial score (nSPS) is 24.6. The van der Waals surface area contributed by atoms with Crippen molar-refractivity contribution in [1.29, 1.82) is 0 Å². The van der Waals surface area contributed by atoms with E-state index in [9.17, 15) is 0 Å². The van der Waals surface area contributed by atoms with Gasteiger partial charge in [-0.1, -0.05) is 25.1 Å². The minimum absolute atomic E-state index is 0.648. The third-order valence-corrected chi connectivity index (χ3v) is 4.45. The summed E-state index contributed by atoms with van der Waals surface area (Å²) in [7, 11) is 1.73. The third-order valence-electron chi connectivity index (χ3n) is 3.12. The highest BCUT2D eigenvalue weighted by atomic mass is 32.2. The van der Waals surface area contributed by atoms with Crippen molar-refractivity contribution in [2.75, 3.05) is 12.9 Å². The zero-order chi connectivity index (χ0) is 11.4. The number of benzene rings is 1. The summed E-state index contributed by atoms with van der Waals surface area (Å²) >= 11 is 2.06. The lowest BCUT2D eigenvalue weighted by molar-refractivity contribution is 0.404. The molecule has 2 unspecified atom stereocenters. The van der Waals surface area contributed by atoms with Gasteiger partial charge in [0.1, 0.15) is 5.75 Å². The summed E-state index contributed by atoms with van der Waals surface area (Å²) in [4.78, 5) is 0. The van der Waals surface area contributed by atoms with Crippen molar-refractivity contribution >= 4 is 11.8 Å². The number of thioether (sulfide) groups is 1. The average Bonchev–Trinajstić information content (AvgIpc) is 2.72. The van der Waals surface area contributed by atoms with E-state index in [4.69, 9.17) is 4.74 Å². The molecule has 2 rings (SSSR count). The maximum absolute atomic E-state index is 5.34. The monoisotopic (exact) mass is 237 g/mol. The van der Waals surface area contributed by atoms with E-state index in [1.54, 1.807) is 7.11 Å². The molecule has 1 aliphatic heterocycles. The van der Waals surface area contributed by atoms with Crippen LogP contribution < -0.4 is 10.1 Å². The maximum Gasteiger partial charge on any atom is 0.123 e. The minimum atomic E-state index is 0.648. The van der Waals surface area contributed by atoms with E-state index in [0.717, 1.165) is 17.5 Å². The predicted molar refractivity (Wildman–Crippen MR) is 70.2 cm³/mol. The zero-order valence-corrected chi connectivity index (χ0v) is 10.7. The largest absolute Gasteiger partial charge is 0.496 e. The molecule has 1 aromatic rings. The summed E-state index contributed by atoms with van der Waals surface area (Å²) in [5, 5.41) is 4.35. The van der Waals surface area contributed by atoms with E-state index in [0.29, 0.717) is 6.04 Å². The second-order valence-corrected chi connectivity index (χ2v) is 5.65. The number of rotatable bonds is 4. The van der Waals surface area contributed by atoms with E-state index in [1.165, 1.54) is 17.7 Å². The third kappa shape index (κ3) is 2.71. The van der Waals surface area contributed by atoms with Crippen LogP contribution in [0.5, 0.6) is 5.75 Å². The zero-order valence-electron chi connectivity index (χ0n) is 9.90. The summed E-state index contributed by atoms with van der Waals surface area (Å²) in [6.07, 6.45) is 1.28. The lowest BCUT2D eigenvalue weighted by Crippen LogP contribution is -2.32. The molecule has 0 spiro atoms. The highest BCUT2D eigenvalue weighted by Gasteiger charge is 2.23. The molecule has 0 bridgehead atoms. The van der Waals surface area contributed by atoms with Crippen molar-refractivity contribution in [2.24, 2.45) is 0 Å². The lowest BCUT2D eigenvalue weighted by atomic mass is 10.1. The molecule has 0 aliphatic carbocycles. The summed E-state index contributed by atoms with van der Waals surface area (Å²) in [6, 6.07) is 8.86. The first-order chi connectivity index (χ1) is 7.81. The highest BCUT2D eigenvalue weighted by molar-refractivity contribution is 8.00. The van der Waals surface area contributed by atoms with Gasteiger partial charge in [0.25, 0.3) is 0 Å². The van der Waals surface area contributed by atoms with Crippen LogP contribution >= 0.6 is 11.8 Å². The van der Waals surface area contributed by atoms with E-state index < -0.39 is 0 Å². The van der Waals surface area contributed by atoms with Crippen LogP contribution in [0.2, 0.25) is 0 Å². The van der Waals surface area contributed by atoms with Crippen LogP contribution in [0.25, 0.3) is 0 Å². The van der Waals surface area contributed by atoms with E-state index in [1.807, 2.05) is 12.1 Å². The first-order valence-corrected chi connectivity index (χ1v) is 6.83. The number of methoxy groups -OCH3 is 1. The lowest BCUT2D eigenvalue weighted by Gasteiger charge is -2.17. The van der Waals surface area contributed by atoms with Crippen LogP contribution in [0.1, 0.15) is 18.9 Å². The second-order valence-electron chi connectivity index (χ2n) is 4.16. The summed E-state index contributed by atoms with van der Waals surface area (Å²) < 4.78 is 5.34. The molecule has 2 atom stereocenters. The van der Waals surface area contributed by atoms with Gasteiger partial charge in [-0.05, 0) is 18.2 Å². The number of nitrogens with one attached hydrogen (secondary N) is 1. The molecule has 0 amide bonds. The molecule has 1 N–H and O–H groups in total. The first kappa shape index (κ1) is 11.8.